The van der Waals surface area contributed by atoms with E-state index in [1.54, 1.807) is 41.9 Å². The summed E-state index contributed by atoms with van der Waals surface area (Å²) in [6.45, 7) is 0. The summed E-state index contributed by atoms with van der Waals surface area (Å²) in [5.41, 5.74) is 1.53. The van der Waals surface area contributed by atoms with Gasteiger partial charge in [0.25, 0.3) is 0 Å². The molecule has 0 fully saturated rings. The van der Waals surface area contributed by atoms with Crippen molar-refractivity contribution < 1.29 is 9.18 Å². The fraction of sp³-hybridized carbons (Fsp3) is 0.167. The molecule has 5 nitrogen and oxygen atoms in total. The first-order chi connectivity index (χ1) is 12.9. The van der Waals surface area contributed by atoms with Crippen LogP contribution in [0.4, 0.5) is 10.1 Å². The van der Waals surface area contributed by atoms with Crippen molar-refractivity contribution in [3.05, 3.63) is 69.7 Å². The maximum atomic E-state index is 13.0. The topological polar surface area (TPSA) is 59.8 Å². The van der Waals surface area contributed by atoms with Gasteiger partial charge in [-0.25, -0.2) is 4.39 Å². The SMILES string of the molecule is Cn1c(CC(=O)Nc2ccc(Cl)c(Cl)c2)nnc1SCc1ccc(F)cc1. The Morgan fingerprint density at radius 3 is 2.59 bits per heavy atom. The zero-order chi connectivity index (χ0) is 19.4. The van der Waals surface area contributed by atoms with Crippen molar-refractivity contribution in [2.24, 2.45) is 7.05 Å². The molecule has 1 N–H and O–H groups in total. The first-order valence-electron chi connectivity index (χ1n) is 7.93. The molecule has 0 aliphatic carbocycles. The van der Waals surface area contributed by atoms with Gasteiger partial charge in [-0.3, -0.25) is 4.79 Å². The van der Waals surface area contributed by atoms with Gasteiger partial charge < -0.3 is 9.88 Å². The van der Waals surface area contributed by atoms with E-state index < -0.39 is 0 Å². The molecule has 0 radical (unpaired) electrons. The molecule has 0 aliphatic rings. The van der Waals surface area contributed by atoms with Crippen LogP contribution in [-0.4, -0.2) is 20.7 Å². The number of benzene rings is 2. The minimum absolute atomic E-state index is 0.0703. The number of amides is 1. The predicted molar refractivity (Wildman–Crippen MR) is 106 cm³/mol. The number of carbonyl (C=O) groups is 1. The Morgan fingerprint density at radius 2 is 1.89 bits per heavy atom. The number of carbonyl (C=O) groups excluding carboxylic acids is 1. The van der Waals surface area contributed by atoms with Crippen LogP contribution in [0.2, 0.25) is 10.0 Å². The standard InChI is InChI=1S/C18H15Cl2FN4OS/c1-25-16(9-17(26)22-13-6-7-14(19)15(20)8-13)23-24-18(25)27-10-11-2-4-12(21)5-3-11/h2-8H,9-10H2,1H3,(H,22,26). The average Bonchev–Trinajstić information content (AvgIpc) is 2.97. The van der Waals surface area contributed by atoms with Crippen LogP contribution in [0.25, 0.3) is 0 Å². The van der Waals surface area contributed by atoms with Crippen LogP contribution in [-0.2, 0) is 24.0 Å². The van der Waals surface area contributed by atoms with Crippen LogP contribution in [0.5, 0.6) is 0 Å². The summed E-state index contributed by atoms with van der Waals surface area (Å²) in [4.78, 5) is 12.2. The maximum Gasteiger partial charge on any atom is 0.232 e. The third-order valence-corrected chi connectivity index (χ3v) is 5.56. The predicted octanol–water partition coefficient (Wildman–Crippen LogP) is 4.73. The van der Waals surface area contributed by atoms with Gasteiger partial charge in [0.1, 0.15) is 11.6 Å². The molecule has 0 aliphatic heterocycles. The van der Waals surface area contributed by atoms with E-state index in [0.717, 1.165) is 5.56 Å². The van der Waals surface area contributed by atoms with Gasteiger partial charge in [-0.15, -0.1) is 10.2 Å². The Bertz CT molecular complexity index is 962. The van der Waals surface area contributed by atoms with E-state index >= 15 is 0 Å². The lowest BCUT2D eigenvalue weighted by Crippen LogP contribution is -2.17. The highest BCUT2D eigenvalue weighted by atomic mass is 35.5. The van der Waals surface area contributed by atoms with E-state index in [-0.39, 0.29) is 18.1 Å². The maximum absolute atomic E-state index is 13.0. The van der Waals surface area contributed by atoms with Gasteiger partial charge >= 0.3 is 0 Å². The van der Waals surface area contributed by atoms with E-state index in [2.05, 4.69) is 15.5 Å². The highest BCUT2D eigenvalue weighted by molar-refractivity contribution is 7.98. The molecular weight excluding hydrogens is 410 g/mol. The second kappa shape index (κ2) is 8.73. The molecule has 2 aromatic carbocycles. The lowest BCUT2D eigenvalue weighted by Gasteiger charge is -2.07. The van der Waals surface area contributed by atoms with Gasteiger partial charge in [-0.05, 0) is 35.9 Å². The van der Waals surface area contributed by atoms with E-state index in [4.69, 9.17) is 23.2 Å². The molecule has 9 heteroatoms. The van der Waals surface area contributed by atoms with Gasteiger partial charge in [0.2, 0.25) is 5.91 Å². The quantitative estimate of drug-likeness (QED) is 0.580. The molecule has 1 aromatic heterocycles. The Kier molecular flexibility index (Phi) is 6.36. The van der Waals surface area contributed by atoms with Crippen molar-refractivity contribution in [1.29, 1.82) is 0 Å². The van der Waals surface area contributed by atoms with E-state index in [1.807, 2.05) is 0 Å². The number of nitrogens with one attached hydrogen (secondary N) is 1. The fourth-order valence-corrected chi connectivity index (χ4v) is 3.46. The number of aromatic nitrogens is 3. The van der Waals surface area contributed by atoms with Crippen LogP contribution < -0.4 is 5.32 Å². The van der Waals surface area contributed by atoms with Crippen LogP contribution in [0, 0.1) is 5.82 Å². The molecule has 3 rings (SSSR count). The molecule has 0 unspecified atom stereocenters. The van der Waals surface area contributed by atoms with Crippen molar-refractivity contribution in [2.45, 2.75) is 17.3 Å². The lowest BCUT2D eigenvalue weighted by atomic mass is 10.2. The number of halogens is 3. The highest BCUT2D eigenvalue weighted by Gasteiger charge is 2.14. The summed E-state index contributed by atoms with van der Waals surface area (Å²) in [5.74, 6) is 0.660. The second-order valence-corrected chi connectivity index (χ2v) is 7.48. The van der Waals surface area contributed by atoms with Crippen molar-refractivity contribution in [3.8, 4) is 0 Å². The number of hydrogen-bond acceptors (Lipinski definition) is 4. The Hall–Kier alpha value is -2.09. The summed E-state index contributed by atoms with van der Waals surface area (Å²) >= 11 is 13.3. The summed E-state index contributed by atoms with van der Waals surface area (Å²) in [7, 11) is 1.80. The number of rotatable bonds is 6. The van der Waals surface area contributed by atoms with Crippen LogP contribution >= 0.6 is 35.0 Å². The van der Waals surface area contributed by atoms with Crippen LogP contribution in [0.15, 0.2) is 47.6 Å². The van der Waals surface area contributed by atoms with Crippen molar-refractivity contribution in [1.82, 2.24) is 14.8 Å². The van der Waals surface area contributed by atoms with Crippen LogP contribution in [0.3, 0.4) is 0 Å². The molecule has 0 saturated carbocycles. The molecule has 27 heavy (non-hydrogen) atoms. The molecule has 140 valence electrons. The highest BCUT2D eigenvalue weighted by Crippen LogP contribution is 2.25. The van der Waals surface area contributed by atoms with Gasteiger partial charge in [0.15, 0.2) is 5.16 Å². The molecule has 0 spiro atoms. The van der Waals surface area contributed by atoms with Gasteiger partial charge in [-0.1, -0.05) is 47.1 Å². The molecule has 0 saturated heterocycles. The van der Waals surface area contributed by atoms with E-state index in [9.17, 15) is 9.18 Å². The largest absolute Gasteiger partial charge is 0.326 e. The van der Waals surface area contributed by atoms with Crippen LogP contribution in [0.1, 0.15) is 11.4 Å². The van der Waals surface area contributed by atoms with Gasteiger partial charge in [0.05, 0.1) is 16.5 Å². The zero-order valence-electron chi connectivity index (χ0n) is 14.2. The normalized spacial score (nSPS) is 10.8. The third kappa shape index (κ3) is 5.22. The Balaban J connectivity index is 1.59. The molecule has 0 bridgehead atoms. The first kappa shape index (κ1) is 19.7. The third-order valence-electron chi connectivity index (χ3n) is 3.73. The Morgan fingerprint density at radius 1 is 1.15 bits per heavy atom. The first-order valence-corrected chi connectivity index (χ1v) is 9.67. The molecular formula is C18H15Cl2FN4OS. The van der Waals surface area contributed by atoms with Gasteiger partial charge in [0, 0.05) is 18.5 Å². The summed E-state index contributed by atoms with van der Waals surface area (Å²) < 4.78 is 14.7. The van der Waals surface area contributed by atoms with Crippen molar-refractivity contribution >= 4 is 46.6 Å². The monoisotopic (exact) mass is 424 g/mol. The number of hydrogen-bond donors (Lipinski definition) is 1. The average molecular weight is 425 g/mol. The zero-order valence-corrected chi connectivity index (χ0v) is 16.6. The fourth-order valence-electron chi connectivity index (χ4n) is 2.28. The molecule has 0 atom stereocenters. The molecule has 1 heterocycles. The smallest absolute Gasteiger partial charge is 0.232 e. The summed E-state index contributed by atoms with van der Waals surface area (Å²) in [6, 6.07) is 11.2. The summed E-state index contributed by atoms with van der Waals surface area (Å²) in [6.07, 6.45) is 0.0703. The number of nitrogens with zero attached hydrogens (tertiary/aromatic N) is 3. The minimum atomic E-state index is -0.266. The Labute approximate surface area is 169 Å². The number of thioether (sulfide) groups is 1. The molecule has 1 amide bonds. The second-order valence-electron chi connectivity index (χ2n) is 5.73. The van der Waals surface area contributed by atoms with Crippen molar-refractivity contribution in [3.63, 3.8) is 0 Å². The minimum Gasteiger partial charge on any atom is -0.326 e. The summed E-state index contributed by atoms with van der Waals surface area (Å²) in [5, 5.41) is 12.4. The molecule has 3 aromatic rings. The van der Waals surface area contributed by atoms with E-state index in [0.29, 0.717) is 32.5 Å². The van der Waals surface area contributed by atoms with Gasteiger partial charge in [-0.2, -0.15) is 0 Å². The van der Waals surface area contributed by atoms with Crippen molar-refractivity contribution in [2.75, 3.05) is 5.32 Å². The van der Waals surface area contributed by atoms with E-state index in [1.165, 1.54) is 23.9 Å². The lowest BCUT2D eigenvalue weighted by molar-refractivity contribution is -0.115. The number of anilines is 1.